The van der Waals surface area contributed by atoms with Crippen LogP contribution < -0.4 is 0 Å². The zero-order chi connectivity index (χ0) is 10.3. The highest BCUT2D eigenvalue weighted by Crippen LogP contribution is 2.08. The van der Waals surface area contributed by atoms with Gasteiger partial charge in [-0.15, -0.1) is 17.5 Å². The summed E-state index contributed by atoms with van der Waals surface area (Å²) in [5.74, 6) is -0.381. The smallest absolute Gasteiger partial charge is 0.349 e. The van der Waals surface area contributed by atoms with E-state index in [0.29, 0.717) is 12.6 Å². The molecule has 0 rings (SSSR count). The van der Waals surface area contributed by atoms with Gasteiger partial charge in [-0.25, -0.2) is 4.79 Å². The summed E-state index contributed by atoms with van der Waals surface area (Å²) in [7, 11) is 0. The molecule has 0 saturated heterocycles. The van der Waals surface area contributed by atoms with Crippen molar-refractivity contribution in [1.82, 2.24) is 5.06 Å². The minimum absolute atomic E-state index is 0. The lowest BCUT2D eigenvalue weighted by Crippen LogP contribution is -2.35. The Morgan fingerprint density at radius 3 is 2.21 bits per heavy atom. The van der Waals surface area contributed by atoms with E-state index < -0.39 is 0 Å². The first-order valence-electron chi connectivity index (χ1n) is 4.80. The highest BCUT2D eigenvalue weighted by atomic mass is 35.5. The van der Waals surface area contributed by atoms with Crippen molar-refractivity contribution >= 4 is 18.4 Å². The van der Waals surface area contributed by atoms with Crippen LogP contribution in [0.15, 0.2) is 12.7 Å². The lowest BCUT2D eigenvalue weighted by Gasteiger charge is -2.26. The molecule has 84 valence electrons. The normalized spacial score (nSPS) is 9.79. The second-order valence-electron chi connectivity index (χ2n) is 2.82. The number of carbonyl (C=O) groups is 1. The average molecular weight is 222 g/mol. The van der Waals surface area contributed by atoms with E-state index in [2.05, 4.69) is 20.4 Å². The molecule has 0 bridgehead atoms. The van der Waals surface area contributed by atoms with E-state index in [1.54, 1.807) is 5.06 Å². The van der Waals surface area contributed by atoms with Gasteiger partial charge in [0, 0.05) is 18.7 Å². The Labute approximate surface area is 92.5 Å². The summed E-state index contributed by atoms with van der Waals surface area (Å²) in [5.41, 5.74) is 0. The summed E-state index contributed by atoms with van der Waals surface area (Å²) in [6, 6.07) is 0.314. The second-order valence-corrected chi connectivity index (χ2v) is 2.82. The molecule has 0 aromatic rings. The van der Waals surface area contributed by atoms with Gasteiger partial charge in [0.25, 0.3) is 0 Å². The summed E-state index contributed by atoms with van der Waals surface area (Å²) >= 11 is 0. The van der Waals surface area contributed by atoms with E-state index in [1.807, 2.05) is 6.92 Å². The number of hydrogen-bond donors (Lipinski definition) is 0. The quantitative estimate of drug-likeness (QED) is 0.510. The van der Waals surface area contributed by atoms with Gasteiger partial charge in [-0.3, -0.25) is 0 Å². The third-order valence-electron chi connectivity index (χ3n) is 2.04. The molecule has 0 heterocycles. The van der Waals surface area contributed by atoms with Crippen LogP contribution in [0.5, 0.6) is 0 Å². The number of carbonyl (C=O) groups excluding carboxylic acids is 1. The molecule has 3 nitrogen and oxygen atoms in total. The maximum atomic E-state index is 10.9. The van der Waals surface area contributed by atoms with Crippen LogP contribution in [0.2, 0.25) is 0 Å². The molecule has 0 saturated carbocycles. The van der Waals surface area contributed by atoms with Crippen molar-refractivity contribution in [3.63, 3.8) is 0 Å². The van der Waals surface area contributed by atoms with E-state index in [9.17, 15) is 4.79 Å². The van der Waals surface area contributed by atoms with Crippen molar-refractivity contribution < 1.29 is 9.63 Å². The number of hydroxylamine groups is 2. The van der Waals surface area contributed by atoms with Crippen LogP contribution in [0.25, 0.3) is 0 Å². The van der Waals surface area contributed by atoms with Gasteiger partial charge in [-0.1, -0.05) is 20.4 Å². The molecular formula is C10H20ClNO2. The third-order valence-corrected chi connectivity index (χ3v) is 2.04. The van der Waals surface area contributed by atoms with E-state index in [0.717, 1.165) is 12.8 Å². The van der Waals surface area contributed by atoms with Gasteiger partial charge in [0.15, 0.2) is 0 Å². The maximum Gasteiger partial charge on any atom is 0.349 e. The molecule has 0 fully saturated rings. The van der Waals surface area contributed by atoms with Crippen LogP contribution >= 0.6 is 12.4 Å². The molecule has 0 radical (unpaired) electrons. The number of hydrogen-bond acceptors (Lipinski definition) is 3. The topological polar surface area (TPSA) is 29.5 Å². The largest absolute Gasteiger partial charge is 0.364 e. The van der Waals surface area contributed by atoms with E-state index >= 15 is 0 Å². The van der Waals surface area contributed by atoms with Gasteiger partial charge in [0.1, 0.15) is 0 Å². The summed E-state index contributed by atoms with van der Waals surface area (Å²) in [5, 5.41) is 1.71. The molecule has 0 unspecified atom stereocenters. The van der Waals surface area contributed by atoms with Crippen molar-refractivity contribution in [2.75, 3.05) is 6.54 Å². The number of halogens is 1. The molecule has 0 aliphatic heterocycles. The molecule has 0 atom stereocenters. The van der Waals surface area contributed by atoms with Crippen LogP contribution in [-0.4, -0.2) is 23.6 Å². The summed E-state index contributed by atoms with van der Waals surface area (Å²) < 4.78 is 0. The zero-order valence-electron chi connectivity index (χ0n) is 9.16. The lowest BCUT2D eigenvalue weighted by atomic mass is 10.2. The van der Waals surface area contributed by atoms with Crippen LogP contribution in [0, 0.1) is 0 Å². The molecule has 0 spiro atoms. The summed E-state index contributed by atoms with van der Waals surface area (Å²) in [6.45, 7) is 10.2. The monoisotopic (exact) mass is 221 g/mol. The van der Waals surface area contributed by atoms with Gasteiger partial charge in [-0.2, -0.15) is 0 Å². The van der Waals surface area contributed by atoms with Crippen molar-refractivity contribution in [2.45, 2.75) is 39.7 Å². The first-order chi connectivity index (χ1) is 6.19. The van der Waals surface area contributed by atoms with Crippen LogP contribution in [0.4, 0.5) is 0 Å². The first-order valence-corrected chi connectivity index (χ1v) is 4.80. The predicted molar refractivity (Wildman–Crippen MR) is 60.3 cm³/mol. The Hall–Kier alpha value is -0.540. The van der Waals surface area contributed by atoms with Crippen molar-refractivity contribution in [1.29, 1.82) is 0 Å². The van der Waals surface area contributed by atoms with Gasteiger partial charge < -0.3 is 4.84 Å². The number of rotatable bonds is 6. The van der Waals surface area contributed by atoms with Gasteiger partial charge in [0.05, 0.1) is 0 Å². The standard InChI is InChI=1S/C10H19NO2.ClH/c1-5-9(6-2)11(8-4)13-10(12)7-3;/h7,9H,3,5-6,8H2,1-2,4H3;1H. The number of nitrogens with zero attached hydrogens (tertiary/aromatic N) is 1. The highest BCUT2D eigenvalue weighted by Gasteiger charge is 2.16. The van der Waals surface area contributed by atoms with E-state index in [1.165, 1.54) is 6.08 Å². The Kier molecular flexibility index (Phi) is 10.3. The Morgan fingerprint density at radius 1 is 1.43 bits per heavy atom. The Balaban J connectivity index is 0. The zero-order valence-corrected chi connectivity index (χ0v) is 9.97. The summed E-state index contributed by atoms with van der Waals surface area (Å²) in [6.07, 6.45) is 3.15. The molecule has 0 aliphatic carbocycles. The Bertz CT molecular complexity index is 170. The highest BCUT2D eigenvalue weighted by molar-refractivity contribution is 5.85. The van der Waals surface area contributed by atoms with E-state index in [4.69, 9.17) is 4.84 Å². The van der Waals surface area contributed by atoms with E-state index in [-0.39, 0.29) is 18.4 Å². The van der Waals surface area contributed by atoms with Crippen LogP contribution in [0.1, 0.15) is 33.6 Å². The molecule has 14 heavy (non-hydrogen) atoms. The molecular weight excluding hydrogens is 202 g/mol. The maximum absolute atomic E-state index is 10.9. The van der Waals surface area contributed by atoms with Gasteiger partial charge >= 0.3 is 5.97 Å². The molecule has 0 aromatic heterocycles. The van der Waals surface area contributed by atoms with Crippen LogP contribution in [-0.2, 0) is 9.63 Å². The summed E-state index contributed by atoms with van der Waals surface area (Å²) in [4.78, 5) is 16.0. The molecule has 0 N–H and O–H groups in total. The van der Waals surface area contributed by atoms with Crippen molar-refractivity contribution in [3.8, 4) is 0 Å². The fourth-order valence-electron chi connectivity index (χ4n) is 1.25. The first kappa shape index (κ1) is 15.9. The predicted octanol–water partition coefficient (Wildman–Crippen LogP) is 2.56. The molecule has 0 amide bonds. The van der Waals surface area contributed by atoms with Crippen molar-refractivity contribution in [2.24, 2.45) is 0 Å². The molecule has 0 aliphatic rings. The molecule has 0 aromatic carbocycles. The minimum Gasteiger partial charge on any atom is -0.364 e. The SMILES string of the molecule is C=CC(=O)ON(CC)C(CC)CC.Cl. The van der Waals surface area contributed by atoms with Gasteiger partial charge in [0.2, 0.25) is 0 Å². The lowest BCUT2D eigenvalue weighted by molar-refractivity contribution is -0.195. The minimum atomic E-state index is -0.381. The second kappa shape index (κ2) is 9.03. The fourth-order valence-corrected chi connectivity index (χ4v) is 1.25. The average Bonchev–Trinajstić information content (AvgIpc) is 2.17. The van der Waals surface area contributed by atoms with Crippen LogP contribution in [0.3, 0.4) is 0 Å². The Morgan fingerprint density at radius 2 is 1.93 bits per heavy atom. The molecule has 4 heteroatoms. The van der Waals surface area contributed by atoms with Gasteiger partial charge in [-0.05, 0) is 19.8 Å². The fraction of sp³-hybridized carbons (Fsp3) is 0.700. The van der Waals surface area contributed by atoms with Crippen molar-refractivity contribution in [3.05, 3.63) is 12.7 Å². The third kappa shape index (κ3) is 5.25.